The Morgan fingerprint density at radius 1 is 1.12 bits per heavy atom. The molecule has 0 aliphatic carbocycles. The number of hydrogen-bond acceptors (Lipinski definition) is 7. The summed E-state index contributed by atoms with van der Waals surface area (Å²) in [6.45, 7) is 8.68. The maximum absolute atomic E-state index is 6.08. The summed E-state index contributed by atoms with van der Waals surface area (Å²) in [4.78, 5) is 9.06. The lowest BCUT2D eigenvalue weighted by molar-refractivity contribution is 0.125. The van der Waals surface area contributed by atoms with Crippen molar-refractivity contribution < 1.29 is 9.47 Å². The van der Waals surface area contributed by atoms with Gasteiger partial charge in [0.05, 0.1) is 11.0 Å². The minimum atomic E-state index is 0.431. The van der Waals surface area contributed by atoms with Crippen molar-refractivity contribution in [2.24, 2.45) is 5.92 Å². The molecule has 0 radical (unpaired) electrons. The second-order valence-corrected chi connectivity index (χ2v) is 8.11. The standard InChI is InChI=1S/C23H25N7O2/c1-4-31-14-20-25-21-22(29(20)12-15(2)3)18-10-17(32-13-16-6-5-9-24-11-16)7-8-19(18)30-23(21)26-27-28-30/h5-11,15H,4,12-14H2,1-3H3. The molecule has 9 heteroatoms. The van der Waals surface area contributed by atoms with Crippen LogP contribution in [0.3, 0.4) is 0 Å². The Hall–Kier alpha value is -3.59. The molecule has 0 saturated heterocycles. The Morgan fingerprint density at radius 3 is 2.81 bits per heavy atom. The van der Waals surface area contributed by atoms with E-state index in [-0.39, 0.29) is 0 Å². The molecule has 0 bridgehead atoms. The fraction of sp³-hybridized carbons (Fsp3) is 0.348. The van der Waals surface area contributed by atoms with Crippen molar-refractivity contribution >= 4 is 27.6 Å². The summed E-state index contributed by atoms with van der Waals surface area (Å²) < 4.78 is 15.8. The molecule has 4 aromatic heterocycles. The molecule has 32 heavy (non-hydrogen) atoms. The van der Waals surface area contributed by atoms with Gasteiger partial charge in [-0.25, -0.2) is 4.98 Å². The van der Waals surface area contributed by atoms with Gasteiger partial charge in [0.25, 0.3) is 0 Å². The molecule has 0 unspecified atom stereocenters. The van der Waals surface area contributed by atoms with E-state index in [9.17, 15) is 0 Å². The van der Waals surface area contributed by atoms with Gasteiger partial charge in [-0.2, -0.15) is 4.52 Å². The maximum Gasteiger partial charge on any atom is 0.207 e. The highest BCUT2D eigenvalue weighted by Gasteiger charge is 2.21. The molecule has 0 spiro atoms. The molecule has 5 aromatic rings. The molecule has 0 N–H and O–H groups in total. The average molecular weight is 432 g/mol. The number of hydrogen-bond donors (Lipinski definition) is 0. The van der Waals surface area contributed by atoms with Gasteiger partial charge in [-0.05, 0) is 47.5 Å². The largest absolute Gasteiger partial charge is 0.489 e. The third kappa shape index (κ3) is 3.64. The summed E-state index contributed by atoms with van der Waals surface area (Å²) in [5.74, 6) is 2.06. The fourth-order valence-electron chi connectivity index (χ4n) is 3.92. The van der Waals surface area contributed by atoms with Gasteiger partial charge in [0, 0.05) is 36.5 Å². The molecule has 1 aromatic carbocycles. The molecule has 9 nitrogen and oxygen atoms in total. The highest BCUT2D eigenvalue weighted by Crippen LogP contribution is 2.32. The van der Waals surface area contributed by atoms with E-state index >= 15 is 0 Å². The van der Waals surface area contributed by atoms with E-state index in [1.165, 1.54) is 0 Å². The number of aromatic nitrogens is 7. The Kier molecular flexibility index (Phi) is 5.40. The second-order valence-electron chi connectivity index (χ2n) is 8.11. The van der Waals surface area contributed by atoms with Crippen molar-refractivity contribution in [3.63, 3.8) is 0 Å². The predicted molar refractivity (Wildman–Crippen MR) is 120 cm³/mol. The molecule has 164 valence electrons. The van der Waals surface area contributed by atoms with E-state index in [1.54, 1.807) is 10.7 Å². The first kappa shape index (κ1) is 20.3. The predicted octanol–water partition coefficient (Wildman–Crippen LogP) is 3.79. The van der Waals surface area contributed by atoms with E-state index in [4.69, 9.17) is 14.5 Å². The van der Waals surface area contributed by atoms with Crippen LogP contribution in [0.5, 0.6) is 5.75 Å². The molecule has 0 aliphatic rings. The minimum absolute atomic E-state index is 0.431. The number of fused-ring (bicyclic) bond motifs is 6. The van der Waals surface area contributed by atoms with Gasteiger partial charge in [-0.15, -0.1) is 5.10 Å². The van der Waals surface area contributed by atoms with Crippen LogP contribution in [0.1, 0.15) is 32.2 Å². The Balaban J connectivity index is 1.69. The summed E-state index contributed by atoms with van der Waals surface area (Å²) in [7, 11) is 0. The van der Waals surface area contributed by atoms with Crippen molar-refractivity contribution in [1.82, 2.24) is 34.6 Å². The van der Waals surface area contributed by atoms with Gasteiger partial charge >= 0.3 is 0 Å². The second kappa shape index (κ2) is 8.51. The number of nitrogens with zero attached hydrogens (tertiary/aromatic N) is 7. The lowest BCUT2D eigenvalue weighted by atomic mass is 10.1. The fourth-order valence-corrected chi connectivity index (χ4v) is 3.92. The Morgan fingerprint density at radius 2 is 2.03 bits per heavy atom. The van der Waals surface area contributed by atoms with E-state index < -0.39 is 0 Å². The highest BCUT2D eigenvalue weighted by molar-refractivity contribution is 6.08. The molecule has 4 heterocycles. The first-order chi connectivity index (χ1) is 15.7. The van der Waals surface area contributed by atoms with Crippen LogP contribution in [0.2, 0.25) is 0 Å². The van der Waals surface area contributed by atoms with E-state index in [1.807, 2.05) is 43.5 Å². The van der Waals surface area contributed by atoms with Crippen LogP contribution < -0.4 is 4.74 Å². The first-order valence-corrected chi connectivity index (χ1v) is 10.8. The van der Waals surface area contributed by atoms with Gasteiger partial charge in [0.1, 0.15) is 30.3 Å². The van der Waals surface area contributed by atoms with Crippen LogP contribution in [-0.4, -0.2) is 41.2 Å². The number of tetrazole rings is 1. The Bertz CT molecular complexity index is 1380. The average Bonchev–Trinajstić information content (AvgIpc) is 3.42. The van der Waals surface area contributed by atoms with Crippen LogP contribution >= 0.6 is 0 Å². The van der Waals surface area contributed by atoms with Crippen molar-refractivity contribution in [2.75, 3.05) is 6.61 Å². The van der Waals surface area contributed by atoms with Crippen LogP contribution in [0.4, 0.5) is 0 Å². The SMILES string of the molecule is CCOCc1nc2c(c3cc(OCc4cccnc4)ccc3n3nnnc23)n1CC(C)C. The van der Waals surface area contributed by atoms with Gasteiger partial charge in [-0.1, -0.05) is 19.9 Å². The maximum atomic E-state index is 6.08. The van der Waals surface area contributed by atoms with E-state index in [0.717, 1.165) is 45.6 Å². The van der Waals surface area contributed by atoms with Crippen LogP contribution in [0.25, 0.3) is 27.6 Å². The van der Waals surface area contributed by atoms with E-state index in [2.05, 4.69) is 38.9 Å². The number of ether oxygens (including phenoxy) is 2. The quantitative estimate of drug-likeness (QED) is 0.369. The molecule has 0 fully saturated rings. The lowest BCUT2D eigenvalue weighted by Gasteiger charge is -2.14. The summed E-state index contributed by atoms with van der Waals surface area (Å²) in [5.41, 5.74) is 4.31. The summed E-state index contributed by atoms with van der Waals surface area (Å²) >= 11 is 0. The molecule has 0 amide bonds. The smallest absolute Gasteiger partial charge is 0.207 e. The zero-order chi connectivity index (χ0) is 22.1. The summed E-state index contributed by atoms with van der Waals surface area (Å²) in [5, 5.41) is 13.4. The topological polar surface area (TPSA) is 92.2 Å². The molecular weight excluding hydrogens is 406 g/mol. The van der Waals surface area contributed by atoms with Crippen LogP contribution in [0, 0.1) is 5.92 Å². The third-order valence-corrected chi connectivity index (χ3v) is 5.29. The van der Waals surface area contributed by atoms with Gasteiger partial charge in [0.2, 0.25) is 5.65 Å². The van der Waals surface area contributed by atoms with Crippen LogP contribution in [0.15, 0.2) is 42.7 Å². The zero-order valence-corrected chi connectivity index (χ0v) is 18.4. The first-order valence-electron chi connectivity index (χ1n) is 10.8. The van der Waals surface area contributed by atoms with Gasteiger partial charge in [0.15, 0.2) is 0 Å². The summed E-state index contributed by atoms with van der Waals surface area (Å²) in [6, 6.07) is 9.87. The number of rotatable bonds is 8. The third-order valence-electron chi connectivity index (χ3n) is 5.29. The van der Waals surface area contributed by atoms with E-state index in [0.29, 0.717) is 31.4 Å². The monoisotopic (exact) mass is 431 g/mol. The highest BCUT2D eigenvalue weighted by atomic mass is 16.5. The number of pyridine rings is 2. The van der Waals surface area contributed by atoms with Crippen molar-refractivity contribution in [3.8, 4) is 5.75 Å². The normalized spacial score (nSPS) is 11.9. The molecular formula is C23H25N7O2. The van der Waals surface area contributed by atoms with Crippen molar-refractivity contribution in [2.45, 2.75) is 40.5 Å². The molecule has 0 aliphatic heterocycles. The van der Waals surface area contributed by atoms with Gasteiger partial charge < -0.3 is 14.0 Å². The van der Waals surface area contributed by atoms with Crippen molar-refractivity contribution in [1.29, 1.82) is 0 Å². The van der Waals surface area contributed by atoms with Gasteiger partial charge in [-0.3, -0.25) is 4.98 Å². The zero-order valence-electron chi connectivity index (χ0n) is 18.4. The Labute approximate surface area is 185 Å². The molecule has 0 saturated carbocycles. The lowest BCUT2D eigenvalue weighted by Crippen LogP contribution is -2.10. The minimum Gasteiger partial charge on any atom is -0.489 e. The number of benzene rings is 1. The molecule has 0 atom stereocenters. The molecule has 5 rings (SSSR count). The van der Waals surface area contributed by atoms with Crippen molar-refractivity contribution in [3.05, 3.63) is 54.1 Å². The van der Waals surface area contributed by atoms with Crippen LogP contribution in [-0.2, 0) is 24.5 Å². The number of imidazole rings is 1. The summed E-state index contributed by atoms with van der Waals surface area (Å²) in [6.07, 6.45) is 3.56.